The lowest BCUT2D eigenvalue weighted by Crippen LogP contribution is -2.17. The Balaban J connectivity index is 1.77. The highest BCUT2D eigenvalue weighted by Crippen LogP contribution is 2.45. The van der Waals surface area contributed by atoms with Crippen molar-refractivity contribution in [3.8, 4) is 0 Å². The molecule has 1 unspecified atom stereocenters. The third kappa shape index (κ3) is 4.44. The molecular weight excluding hydrogens is 328 g/mol. The van der Waals surface area contributed by atoms with Gasteiger partial charge in [0.15, 0.2) is 0 Å². The molecule has 3 aliphatic carbocycles. The minimum atomic E-state index is -0.320. The Bertz CT molecular complexity index is 560. The lowest BCUT2D eigenvalue weighted by Gasteiger charge is -2.33. The van der Waals surface area contributed by atoms with Gasteiger partial charge in [0, 0.05) is 0 Å². The highest BCUT2D eigenvalue weighted by molar-refractivity contribution is 5.46. The quantitative estimate of drug-likeness (QED) is 0.573. The summed E-state index contributed by atoms with van der Waals surface area (Å²) in [6, 6.07) is 5.14. The Kier molecular flexibility index (Phi) is 6.58. The van der Waals surface area contributed by atoms with Crippen molar-refractivity contribution in [2.24, 2.45) is 0 Å². The van der Waals surface area contributed by atoms with E-state index < -0.39 is 0 Å². The summed E-state index contributed by atoms with van der Waals surface area (Å²) in [6.07, 6.45) is 20.3. The minimum Gasteiger partial charge on any atom is -0.389 e. The van der Waals surface area contributed by atoms with E-state index in [2.05, 4.69) is 12.1 Å². The van der Waals surface area contributed by atoms with Crippen LogP contribution in [0.5, 0.6) is 0 Å². The Morgan fingerprint density at radius 3 is 1.37 bits per heavy atom. The number of hydrogen-bond donors (Lipinski definition) is 1. The van der Waals surface area contributed by atoms with E-state index in [1.54, 1.807) is 16.7 Å². The van der Waals surface area contributed by atoms with Crippen molar-refractivity contribution in [1.29, 1.82) is 0 Å². The fourth-order valence-electron chi connectivity index (χ4n) is 6.38. The maximum atomic E-state index is 10.8. The molecule has 1 nitrogen and oxygen atoms in total. The Morgan fingerprint density at radius 1 is 0.630 bits per heavy atom. The van der Waals surface area contributed by atoms with E-state index in [1.807, 2.05) is 6.92 Å². The van der Waals surface area contributed by atoms with E-state index in [4.69, 9.17) is 0 Å². The van der Waals surface area contributed by atoms with Gasteiger partial charge in [-0.2, -0.15) is 0 Å². The van der Waals surface area contributed by atoms with E-state index in [9.17, 15) is 5.11 Å². The van der Waals surface area contributed by atoms with Crippen molar-refractivity contribution in [2.75, 3.05) is 0 Å². The van der Waals surface area contributed by atoms with Gasteiger partial charge >= 0.3 is 0 Å². The zero-order chi connectivity index (χ0) is 18.6. The van der Waals surface area contributed by atoms with Crippen LogP contribution in [0.2, 0.25) is 0 Å². The van der Waals surface area contributed by atoms with Gasteiger partial charge in [-0.15, -0.1) is 0 Å². The van der Waals surface area contributed by atoms with Gasteiger partial charge < -0.3 is 5.11 Å². The first-order valence-electron chi connectivity index (χ1n) is 12.1. The molecule has 0 heterocycles. The third-order valence-corrected chi connectivity index (χ3v) is 7.85. The molecule has 3 aliphatic rings. The molecule has 0 aliphatic heterocycles. The average molecular weight is 369 g/mol. The van der Waals surface area contributed by atoms with Gasteiger partial charge in [0.2, 0.25) is 0 Å². The lowest BCUT2D eigenvalue weighted by molar-refractivity contribution is 0.194. The summed E-state index contributed by atoms with van der Waals surface area (Å²) >= 11 is 0. The summed E-state index contributed by atoms with van der Waals surface area (Å²) in [5.74, 6) is 2.15. The van der Waals surface area contributed by atoms with Crippen molar-refractivity contribution >= 4 is 0 Å². The fourth-order valence-corrected chi connectivity index (χ4v) is 6.38. The SMILES string of the molecule is CC(O)c1c(C2CCCCC2)cc(C2CCCCC2)cc1C1CCCCC1. The second-order valence-corrected chi connectivity index (χ2v) is 9.79. The van der Waals surface area contributed by atoms with E-state index in [1.165, 1.54) is 102 Å². The highest BCUT2D eigenvalue weighted by Gasteiger charge is 2.29. The smallest absolute Gasteiger partial charge is 0.0767 e. The molecule has 1 aromatic carbocycles. The van der Waals surface area contributed by atoms with E-state index in [-0.39, 0.29) is 6.10 Å². The fraction of sp³-hybridized carbons (Fsp3) is 0.769. The molecule has 0 amide bonds. The predicted molar refractivity (Wildman–Crippen MR) is 115 cm³/mol. The molecule has 0 bridgehead atoms. The Hall–Kier alpha value is -0.820. The molecule has 0 spiro atoms. The van der Waals surface area contributed by atoms with E-state index >= 15 is 0 Å². The molecule has 0 saturated heterocycles. The van der Waals surface area contributed by atoms with Gasteiger partial charge in [-0.05, 0) is 85.5 Å². The van der Waals surface area contributed by atoms with Crippen molar-refractivity contribution in [3.63, 3.8) is 0 Å². The molecule has 3 fully saturated rings. The lowest BCUT2D eigenvalue weighted by atomic mass is 9.72. The standard InChI is InChI=1S/C26H40O/c1-19(27)26-24(21-13-7-3-8-14-21)17-23(20-11-5-2-6-12-20)18-25(26)22-15-9-4-10-16-22/h17-22,27H,2-16H2,1H3. The molecule has 1 atom stereocenters. The molecule has 0 radical (unpaired) electrons. The van der Waals surface area contributed by atoms with Gasteiger partial charge in [0.05, 0.1) is 6.10 Å². The third-order valence-electron chi connectivity index (χ3n) is 7.85. The number of rotatable bonds is 4. The van der Waals surface area contributed by atoms with Crippen LogP contribution in [0.3, 0.4) is 0 Å². The van der Waals surface area contributed by atoms with Crippen LogP contribution < -0.4 is 0 Å². The predicted octanol–water partition coefficient (Wildman–Crippen LogP) is 7.88. The molecule has 1 heteroatoms. The van der Waals surface area contributed by atoms with Crippen molar-refractivity contribution in [1.82, 2.24) is 0 Å². The van der Waals surface area contributed by atoms with Gasteiger partial charge in [-0.1, -0.05) is 69.9 Å². The van der Waals surface area contributed by atoms with Gasteiger partial charge in [-0.25, -0.2) is 0 Å². The number of aliphatic hydroxyl groups is 1. The molecule has 27 heavy (non-hydrogen) atoms. The van der Waals surface area contributed by atoms with Crippen LogP contribution in [0.25, 0.3) is 0 Å². The van der Waals surface area contributed by atoms with Gasteiger partial charge in [-0.3, -0.25) is 0 Å². The number of hydrogen-bond acceptors (Lipinski definition) is 1. The van der Waals surface area contributed by atoms with Crippen LogP contribution in [0.15, 0.2) is 12.1 Å². The summed E-state index contributed by atoms with van der Waals surface area (Å²) in [4.78, 5) is 0. The van der Waals surface area contributed by atoms with E-state index in [0.29, 0.717) is 11.8 Å². The minimum absolute atomic E-state index is 0.320. The molecule has 1 aromatic rings. The van der Waals surface area contributed by atoms with Crippen LogP contribution in [0.1, 0.15) is 149 Å². The molecule has 3 saturated carbocycles. The maximum Gasteiger partial charge on any atom is 0.0767 e. The van der Waals surface area contributed by atoms with Crippen molar-refractivity contribution < 1.29 is 5.11 Å². The topological polar surface area (TPSA) is 20.2 Å². The number of aliphatic hydroxyl groups excluding tert-OH is 1. The summed E-state index contributed by atoms with van der Waals surface area (Å²) in [5.41, 5.74) is 6.07. The van der Waals surface area contributed by atoms with Gasteiger partial charge in [0.25, 0.3) is 0 Å². The van der Waals surface area contributed by atoms with Crippen LogP contribution >= 0.6 is 0 Å². The van der Waals surface area contributed by atoms with Crippen molar-refractivity contribution in [2.45, 2.75) is 127 Å². The molecular formula is C26H40O. The summed E-state index contributed by atoms with van der Waals surface area (Å²) in [5, 5.41) is 10.8. The second kappa shape index (κ2) is 9.12. The summed E-state index contributed by atoms with van der Waals surface area (Å²) in [6.45, 7) is 2.02. The van der Waals surface area contributed by atoms with Gasteiger partial charge in [0.1, 0.15) is 0 Å². The molecule has 0 aromatic heterocycles. The summed E-state index contributed by atoms with van der Waals surface area (Å²) in [7, 11) is 0. The van der Waals surface area contributed by atoms with Crippen molar-refractivity contribution in [3.05, 3.63) is 34.4 Å². The van der Waals surface area contributed by atoms with Crippen LogP contribution in [-0.2, 0) is 0 Å². The first-order valence-corrected chi connectivity index (χ1v) is 12.1. The zero-order valence-corrected chi connectivity index (χ0v) is 17.5. The molecule has 4 rings (SSSR count). The van der Waals surface area contributed by atoms with E-state index in [0.717, 1.165) is 5.92 Å². The van der Waals surface area contributed by atoms with Crippen LogP contribution in [-0.4, -0.2) is 5.11 Å². The molecule has 1 N–H and O–H groups in total. The summed E-state index contributed by atoms with van der Waals surface area (Å²) < 4.78 is 0. The first kappa shape index (κ1) is 19.5. The molecule has 150 valence electrons. The average Bonchev–Trinajstić information content (AvgIpc) is 2.74. The largest absolute Gasteiger partial charge is 0.389 e. The number of benzene rings is 1. The first-order chi connectivity index (χ1) is 13.2. The monoisotopic (exact) mass is 368 g/mol. The van der Waals surface area contributed by atoms with Crippen LogP contribution in [0.4, 0.5) is 0 Å². The van der Waals surface area contributed by atoms with Crippen LogP contribution in [0, 0.1) is 0 Å². The maximum absolute atomic E-state index is 10.8. The Labute approximate surface area is 167 Å². The second-order valence-electron chi connectivity index (χ2n) is 9.79. The Morgan fingerprint density at radius 2 is 1.00 bits per heavy atom. The highest BCUT2D eigenvalue weighted by atomic mass is 16.3. The normalized spacial score (nSPS) is 24.8. The zero-order valence-electron chi connectivity index (χ0n) is 17.5.